The SMILES string of the molecule is CCN(CCO)C(=O)c1ccc(Nc2ncc(F)c(-c3cnc(C)n3C3CCOCC3)n2)cc1. The summed E-state index contributed by atoms with van der Waals surface area (Å²) in [4.78, 5) is 27.0. The fourth-order valence-electron chi connectivity index (χ4n) is 4.17. The van der Waals surface area contributed by atoms with Crippen LogP contribution in [0.4, 0.5) is 16.0 Å². The lowest BCUT2D eigenvalue weighted by molar-refractivity contribution is 0.0694. The van der Waals surface area contributed by atoms with Crippen molar-refractivity contribution in [3.05, 3.63) is 53.9 Å². The minimum atomic E-state index is -0.525. The van der Waals surface area contributed by atoms with Gasteiger partial charge >= 0.3 is 0 Å². The summed E-state index contributed by atoms with van der Waals surface area (Å²) in [6.45, 7) is 5.80. The molecule has 9 nitrogen and oxygen atoms in total. The van der Waals surface area contributed by atoms with Gasteiger partial charge in [-0.15, -0.1) is 0 Å². The van der Waals surface area contributed by atoms with E-state index in [1.165, 1.54) is 0 Å². The first-order valence-electron chi connectivity index (χ1n) is 11.4. The Morgan fingerprint density at radius 1 is 1.24 bits per heavy atom. The van der Waals surface area contributed by atoms with Gasteiger partial charge < -0.3 is 24.6 Å². The summed E-state index contributed by atoms with van der Waals surface area (Å²) in [6, 6.07) is 7.04. The number of nitrogens with one attached hydrogen (secondary N) is 1. The largest absolute Gasteiger partial charge is 0.395 e. The van der Waals surface area contributed by atoms with E-state index in [2.05, 4.69) is 20.3 Å². The Hall–Kier alpha value is -3.37. The molecule has 1 aromatic carbocycles. The Kier molecular flexibility index (Phi) is 7.49. The van der Waals surface area contributed by atoms with Crippen molar-refractivity contribution in [1.82, 2.24) is 24.4 Å². The molecule has 4 rings (SSSR count). The van der Waals surface area contributed by atoms with Crippen LogP contribution in [-0.2, 0) is 4.74 Å². The summed E-state index contributed by atoms with van der Waals surface area (Å²) in [6.07, 6.45) is 4.46. The van der Waals surface area contributed by atoms with Crippen LogP contribution in [0.1, 0.15) is 42.0 Å². The van der Waals surface area contributed by atoms with Crippen molar-refractivity contribution in [2.45, 2.75) is 32.7 Å². The number of aliphatic hydroxyl groups excluding tert-OH is 1. The number of amides is 1. The molecule has 1 aliphatic rings. The lowest BCUT2D eigenvalue weighted by Crippen LogP contribution is -2.33. The van der Waals surface area contributed by atoms with Gasteiger partial charge in [0.1, 0.15) is 11.5 Å². The van der Waals surface area contributed by atoms with E-state index in [0.29, 0.717) is 36.7 Å². The highest BCUT2D eigenvalue weighted by Crippen LogP contribution is 2.31. The molecular formula is C24H29FN6O3. The average Bonchev–Trinajstić information content (AvgIpc) is 3.25. The smallest absolute Gasteiger partial charge is 0.253 e. The van der Waals surface area contributed by atoms with Crippen molar-refractivity contribution >= 4 is 17.5 Å². The van der Waals surface area contributed by atoms with Crippen LogP contribution in [0.2, 0.25) is 0 Å². The maximum Gasteiger partial charge on any atom is 0.253 e. The quantitative estimate of drug-likeness (QED) is 0.522. The predicted molar refractivity (Wildman–Crippen MR) is 125 cm³/mol. The van der Waals surface area contributed by atoms with Crippen molar-refractivity contribution in [3.63, 3.8) is 0 Å². The summed E-state index contributed by atoms with van der Waals surface area (Å²) in [7, 11) is 0. The van der Waals surface area contributed by atoms with Crippen molar-refractivity contribution in [1.29, 1.82) is 0 Å². The van der Waals surface area contributed by atoms with E-state index in [1.807, 2.05) is 18.4 Å². The Morgan fingerprint density at radius 3 is 2.65 bits per heavy atom. The summed E-state index contributed by atoms with van der Waals surface area (Å²) < 4.78 is 22.3. The number of rotatable bonds is 8. The molecule has 0 spiro atoms. The molecule has 1 aliphatic heterocycles. The van der Waals surface area contributed by atoms with Gasteiger partial charge in [-0.25, -0.2) is 19.3 Å². The normalized spacial score (nSPS) is 14.2. The van der Waals surface area contributed by atoms with E-state index in [-0.39, 0.29) is 36.7 Å². The molecule has 180 valence electrons. The van der Waals surface area contributed by atoms with Gasteiger partial charge in [0.05, 0.1) is 24.7 Å². The Bertz CT molecular complexity index is 1130. The molecule has 1 saturated heterocycles. The number of hydrogen-bond acceptors (Lipinski definition) is 7. The molecule has 1 fully saturated rings. The van der Waals surface area contributed by atoms with E-state index in [4.69, 9.17) is 9.84 Å². The van der Waals surface area contributed by atoms with Crippen molar-refractivity contribution in [3.8, 4) is 11.4 Å². The van der Waals surface area contributed by atoms with Crippen LogP contribution < -0.4 is 5.32 Å². The van der Waals surface area contributed by atoms with Crippen LogP contribution in [0.5, 0.6) is 0 Å². The first-order valence-corrected chi connectivity index (χ1v) is 11.4. The summed E-state index contributed by atoms with van der Waals surface area (Å²) in [5.41, 5.74) is 1.96. The van der Waals surface area contributed by atoms with Crippen LogP contribution in [0.25, 0.3) is 11.4 Å². The number of aromatic nitrogens is 4. The summed E-state index contributed by atoms with van der Waals surface area (Å²) in [5.74, 6) is 0.365. The molecular weight excluding hydrogens is 439 g/mol. The fourth-order valence-corrected chi connectivity index (χ4v) is 4.17. The van der Waals surface area contributed by atoms with Crippen LogP contribution in [0.15, 0.2) is 36.7 Å². The molecule has 34 heavy (non-hydrogen) atoms. The molecule has 0 atom stereocenters. The van der Waals surface area contributed by atoms with Crippen LogP contribution in [0.3, 0.4) is 0 Å². The van der Waals surface area contributed by atoms with Crippen molar-refractivity contribution < 1.29 is 19.0 Å². The molecule has 2 N–H and O–H groups in total. The van der Waals surface area contributed by atoms with Gasteiger partial charge in [-0.2, -0.15) is 0 Å². The standard InChI is InChI=1S/C24H29FN6O3/c1-3-30(10-11-32)23(33)17-4-6-18(7-5-17)28-24-27-14-20(25)22(29-24)21-15-26-16(2)31(21)19-8-12-34-13-9-19/h4-7,14-15,19,32H,3,8-13H2,1-2H3,(H,27,28,29). The minimum absolute atomic E-state index is 0.0869. The monoisotopic (exact) mass is 468 g/mol. The fraction of sp³-hybridized carbons (Fsp3) is 0.417. The highest BCUT2D eigenvalue weighted by molar-refractivity contribution is 5.94. The number of hydrogen-bond donors (Lipinski definition) is 2. The average molecular weight is 469 g/mol. The number of ether oxygens (including phenoxy) is 1. The van der Waals surface area contributed by atoms with Crippen molar-refractivity contribution in [2.24, 2.45) is 0 Å². The molecule has 1 amide bonds. The number of likely N-dealkylation sites (N-methyl/N-ethyl adjacent to an activating group) is 1. The molecule has 0 saturated carbocycles. The lowest BCUT2D eigenvalue weighted by Gasteiger charge is -2.26. The van der Waals surface area contributed by atoms with Crippen LogP contribution in [-0.4, -0.2) is 68.3 Å². The van der Waals surface area contributed by atoms with E-state index in [9.17, 15) is 9.18 Å². The van der Waals surface area contributed by atoms with Gasteiger partial charge in [-0.05, 0) is 51.0 Å². The van der Waals surface area contributed by atoms with E-state index in [1.54, 1.807) is 35.4 Å². The molecule has 10 heteroatoms. The second-order valence-corrected chi connectivity index (χ2v) is 8.11. The van der Waals surface area contributed by atoms with Gasteiger partial charge in [-0.1, -0.05) is 0 Å². The van der Waals surface area contributed by atoms with E-state index in [0.717, 1.165) is 24.9 Å². The molecule has 0 aliphatic carbocycles. The number of aryl methyl sites for hydroxylation is 1. The third kappa shape index (κ3) is 5.07. The number of nitrogens with zero attached hydrogens (tertiary/aromatic N) is 5. The maximum absolute atomic E-state index is 14.8. The Balaban J connectivity index is 1.55. The van der Waals surface area contributed by atoms with Gasteiger partial charge in [0.2, 0.25) is 5.95 Å². The first-order chi connectivity index (χ1) is 16.5. The zero-order valence-corrected chi connectivity index (χ0v) is 19.4. The molecule has 2 aromatic heterocycles. The molecule has 0 unspecified atom stereocenters. The Morgan fingerprint density at radius 2 is 1.97 bits per heavy atom. The number of imidazole rings is 1. The second kappa shape index (κ2) is 10.7. The zero-order chi connectivity index (χ0) is 24.1. The number of carbonyl (C=O) groups is 1. The molecule has 0 radical (unpaired) electrons. The number of anilines is 2. The van der Waals surface area contributed by atoms with E-state index < -0.39 is 5.82 Å². The maximum atomic E-state index is 14.8. The molecule has 0 bridgehead atoms. The van der Waals surface area contributed by atoms with Crippen molar-refractivity contribution in [2.75, 3.05) is 38.2 Å². The second-order valence-electron chi connectivity index (χ2n) is 8.11. The van der Waals surface area contributed by atoms with Crippen LogP contribution >= 0.6 is 0 Å². The lowest BCUT2D eigenvalue weighted by atomic mass is 10.1. The van der Waals surface area contributed by atoms with Crippen LogP contribution in [0, 0.1) is 12.7 Å². The number of aliphatic hydroxyl groups is 1. The predicted octanol–water partition coefficient (Wildman–Crippen LogP) is 3.34. The van der Waals surface area contributed by atoms with Gasteiger partial charge in [-0.3, -0.25) is 4.79 Å². The summed E-state index contributed by atoms with van der Waals surface area (Å²) >= 11 is 0. The first kappa shape index (κ1) is 23.8. The molecule has 3 aromatic rings. The number of carbonyl (C=O) groups excluding carboxylic acids is 1. The zero-order valence-electron chi connectivity index (χ0n) is 19.4. The number of benzene rings is 1. The Labute approximate surface area is 197 Å². The van der Waals surface area contributed by atoms with Gasteiger partial charge in [0.15, 0.2) is 5.82 Å². The third-order valence-electron chi connectivity index (χ3n) is 5.95. The molecule has 3 heterocycles. The summed E-state index contributed by atoms with van der Waals surface area (Å²) in [5, 5.41) is 12.2. The minimum Gasteiger partial charge on any atom is -0.395 e. The number of halogens is 1. The highest BCUT2D eigenvalue weighted by atomic mass is 19.1. The highest BCUT2D eigenvalue weighted by Gasteiger charge is 2.23. The van der Waals surface area contributed by atoms with Gasteiger partial charge in [0, 0.05) is 43.6 Å². The van der Waals surface area contributed by atoms with E-state index >= 15 is 0 Å². The topological polar surface area (TPSA) is 105 Å². The third-order valence-corrected chi connectivity index (χ3v) is 5.95. The van der Waals surface area contributed by atoms with Gasteiger partial charge in [0.25, 0.3) is 5.91 Å².